The van der Waals surface area contributed by atoms with Gasteiger partial charge in [-0.3, -0.25) is 19.2 Å². The van der Waals surface area contributed by atoms with Crippen LogP contribution >= 0.6 is 0 Å². The van der Waals surface area contributed by atoms with E-state index < -0.39 is 60.8 Å². The van der Waals surface area contributed by atoms with Crippen LogP contribution in [0.25, 0.3) is 0 Å². The zero-order valence-corrected chi connectivity index (χ0v) is 16.5. The molecule has 0 aromatic carbocycles. The normalized spacial score (nSPS) is 15.1. The van der Waals surface area contributed by atoms with Gasteiger partial charge in [0.1, 0.15) is 12.1 Å². The van der Waals surface area contributed by atoms with Gasteiger partial charge in [0.05, 0.1) is 19.0 Å². The lowest BCUT2D eigenvalue weighted by molar-refractivity contribution is -0.144. The first-order chi connectivity index (χ1) is 12.9. The quantitative estimate of drug-likeness (QED) is 0.231. The van der Waals surface area contributed by atoms with Crippen molar-refractivity contribution in [2.45, 2.75) is 58.7 Å². The number of nitrogens with one attached hydrogen (secondary N) is 3. The molecule has 0 saturated carbocycles. The molecule has 4 atom stereocenters. The number of rotatable bonds is 12. The molecule has 11 heteroatoms. The number of carboxylic acid groups (broad SMARTS) is 2. The Kier molecular flexibility index (Phi) is 10.8. The predicted octanol–water partition coefficient (Wildman–Crippen LogP) is -1.34. The van der Waals surface area contributed by atoms with Crippen LogP contribution in [0.2, 0.25) is 0 Å². The van der Waals surface area contributed by atoms with E-state index >= 15 is 0 Å². The second-order valence-corrected chi connectivity index (χ2v) is 6.92. The van der Waals surface area contributed by atoms with Crippen LogP contribution in [0.5, 0.6) is 0 Å². The Labute approximate surface area is 163 Å². The van der Waals surface area contributed by atoms with Crippen molar-refractivity contribution in [3.05, 3.63) is 0 Å². The Bertz CT molecular complexity index is 594. The summed E-state index contributed by atoms with van der Waals surface area (Å²) in [6, 6.07) is -3.41. The molecule has 0 aromatic rings. The molecule has 0 rings (SSSR count). The summed E-state index contributed by atoms with van der Waals surface area (Å²) in [4.78, 5) is 58.0. The minimum atomic E-state index is -1.30. The van der Waals surface area contributed by atoms with Gasteiger partial charge in [-0.2, -0.15) is 0 Å². The molecule has 11 nitrogen and oxygen atoms in total. The molecule has 0 aliphatic heterocycles. The van der Waals surface area contributed by atoms with Gasteiger partial charge in [0, 0.05) is 0 Å². The minimum absolute atomic E-state index is 0.306. The van der Waals surface area contributed by atoms with Gasteiger partial charge in [0.25, 0.3) is 0 Å². The van der Waals surface area contributed by atoms with Gasteiger partial charge < -0.3 is 31.9 Å². The van der Waals surface area contributed by atoms with Gasteiger partial charge in [-0.25, -0.2) is 4.79 Å². The van der Waals surface area contributed by atoms with E-state index in [9.17, 15) is 29.1 Å². The lowest BCUT2D eigenvalue weighted by Gasteiger charge is -2.26. The van der Waals surface area contributed by atoms with Crippen molar-refractivity contribution in [1.82, 2.24) is 16.0 Å². The summed E-state index contributed by atoms with van der Waals surface area (Å²) < 4.78 is 0. The third-order valence-corrected chi connectivity index (χ3v) is 4.20. The molecule has 0 heterocycles. The molecule has 0 saturated heterocycles. The van der Waals surface area contributed by atoms with Crippen molar-refractivity contribution < 1.29 is 34.2 Å². The monoisotopic (exact) mass is 402 g/mol. The number of hydrogen-bond acceptors (Lipinski definition) is 6. The van der Waals surface area contributed by atoms with Crippen LogP contribution in [-0.4, -0.2) is 64.5 Å². The molecular weight excluding hydrogens is 372 g/mol. The van der Waals surface area contributed by atoms with Crippen molar-refractivity contribution in [2.24, 2.45) is 17.6 Å². The van der Waals surface area contributed by atoms with E-state index in [0.29, 0.717) is 6.42 Å². The standard InChI is InChI=1S/C17H30N4O7/c1-5-9(4)14(17(27)28)21-16(26)13(8(2)3)20-11(22)7-19-15(25)10(18)6-12(23)24/h8-10,13-14H,5-7,18H2,1-4H3,(H,19,25)(H,20,22)(H,21,26)(H,23,24)(H,27,28). The maximum Gasteiger partial charge on any atom is 0.326 e. The van der Waals surface area contributed by atoms with Crippen LogP contribution in [0, 0.1) is 11.8 Å². The summed E-state index contributed by atoms with van der Waals surface area (Å²) in [5.74, 6) is -5.23. The minimum Gasteiger partial charge on any atom is -0.481 e. The van der Waals surface area contributed by atoms with Gasteiger partial charge in [-0.1, -0.05) is 34.1 Å². The Morgan fingerprint density at radius 3 is 1.93 bits per heavy atom. The van der Waals surface area contributed by atoms with Crippen molar-refractivity contribution in [3.63, 3.8) is 0 Å². The molecule has 4 unspecified atom stereocenters. The highest BCUT2D eigenvalue weighted by atomic mass is 16.4. The highest BCUT2D eigenvalue weighted by molar-refractivity contribution is 5.93. The maximum absolute atomic E-state index is 12.5. The summed E-state index contributed by atoms with van der Waals surface area (Å²) in [6.45, 7) is 6.33. The van der Waals surface area contributed by atoms with Crippen LogP contribution in [-0.2, 0) is 24.0 Å². The smallest absolute Gasteiger partial charge is 0.326 e. The summed E-state index contributed by atoms with van der Waals surface area (Å²) in [7, 11) is 0. The van der Waals surface area contributed by atoms with Crippen LogP contribution in [0.1, 0.15) is 40.5 Å². The van der Waals surface area contributed by atoms with Crippen molar-refractivity contribution >= 4 is 29.7 Å². The first kappa shape index (κ1) is 25.3. The zero-order chi connectivity index (χ0) is 22.0. The molecule has 0 bridgehead atoms. The van der Waals surface area contributed by atoms with Crippen LogP contribution < -0.4 is 21.7 Å². The van der Waals surface area contributed by atoms with Crippen molar-refractivity contribution in [3.8, 4) is 0 Å². The van der Waals surface area contributed by atoms with Gasteiger partial charge in [-0.05, 0) is 11.8 Å². The molecular formula is C17H30N4O7. The topological polar surface area (TPSA) is 188 Å². The second-order valence-electron chi connectivity index (χ2n) is 6.92. The third kappa shape index (κ3) is 8.80. The van der Waals surface area contributed by atoms with E-state index in [0.717, 1.165) is 0 Å². The Hall–Kier alpha value is -2.69. The molecule has 0 radical (unpaired) electrons. The summed E-state index contributed by atoms with van der Waals surface area (Å²) in [6.07, 6.45) is -0.0464. The van der Waals surface area contributed by atoms with Gasteiger partial charge in [0.2, 0.25) is 17.7 Å². The van der Waals surface area contributed by atoms with E-state index in [-0.39, 0.29) is 11.8 Å². The van der Waals surface area contributed by atoms with Gasteiger partial charge >= 0.3 is 11.9 Å². The number of hydrogen-bond donors (Lipinski definition) is 6. The van der Waals surface area contributed by atoms with E-state index in [1.165, 1.54) is 0 Å². The molecule has 0 aliphatic carbocycles. The summed E-state index contributed by atoms with van der Waals surface area (Å²) in [5, 5.41) is 24.9. The van der Waals surface area contributed by atoms with Crippen molar-refractivity contribution in [2.75, 3.05) is 6.54 Å². The Morgan fingerprint density at radius 1 is 0.929 bits per heavy atom. The number of amides is 3. The highest BCUT2D eigenvalue weighted by Crippen LogP contribution is 2.10. The molecule has 3 amide bonds. The maximum atomic E-state index is 12.5. The fourth-order valence-electron chi connectivity index (χ4n) is 2.26. The van der Waals surface area contributed by atoms with Gasteiger partial charge in [-0.15, -0.1) is 0 Å². The summed E-state index contributed by atoms with van der Waals surface area (Å²) >= 11 is 0. The average Bonchev–Trinajstić information content (AvgIpc) is 2.59. The highest BCUT2D eigenvalue weighted by Gasteiger charge is 2.31. The number of carbonyl (C=O) groups excluding carboxylic acids is 3. The number of aliphatic carboxylic acids is 2. The molecule has 28 heavy (non-hydrogen) atoms. The molecule has 0 fully saturated rings. The SMILES string of the molecule is CCC(C)C(NC(=O)C(NC(=O)CNC(=O)C(N)CC(=O)O)C(C)C)C(=O)O. The zero-order valence-electron chi connectivity index (χ0n) is 16.5. The molecule has 160 valence electrons. The van der Waals surface area contributed by atoms with Crippen LogP contribution in [0.4, 0.5) is 0 Å². The lowest BCUT2D eigenvalue weighted by Crippen LogP contribution is -2.56. The predicted molar refractivity (Wildman–Crippen MR) is 99.0 cm³/mol. The van der Waals surface area contributed by atoms with E-state index in [1.807, 2.05) is 0 Å². The van der Waals surface area contributed by atoms with E-state index in [4.69, 9.17) is 10.8 Å². The first-order valence-corrected chi connectivity index (χ1v) is 8.98. The third-order valence-electron chi connectivity index (χ3n) is 4.20. The fourth-order valence-corrected chi connectivity index (χ4v) is 2.26. The second kappa shape index (κ2) is 11.9. The van der Waals surface area contributed by atoms with Crippen LogP contribution in [0.15, 0.2) is 0 Å². The molecule has 7 N–H and O–H groups in total. The Morgan fingerprint density at radius 2 is 1.50 bits per heavy atom. The first-order valence-electron chi connectivity index (χ1n) is 8.98. The van der Waals surface area contributed by atoms with Crippen LogP contribution in [0.3, 0.4) is 0 Å². The molecule has 0 spiro atoms. The fraction of sp³-hybridized carbons (Fsp3) is 0.706. The molecule has 0 aromatic heterocycles. The number of nitrogens with two attached hydrogens (primary N) is 1. The van der Waals surface area contributed by atoms with E-state index in [1.54, 1.807) is 27.7 Å². The lowest BCUT2D eigenvalue weighted by atomic mass is 9.97. The van der Waals surface area contributed by atoms with E-state index in [2.05, 4.69) is 16.0 Å². The van der Waals surface area contributed by atoms with Gasteiger partial charge in [0.15, 0.2) is 0 Å². The Balaban J connectivity index is 4.86. The van der Waals surface area contributed by atoms with Crippen molar-refractivity contribution in [1.29, 1.82) is 0 Å². The summed E-state index contributed by atoms with van der Waals surface area (Å²) in [5.41, 5.74) is 5.38. The number of carboxylic acids is 2. The largest absolute Gasteiger partial charge is 0.481 e. The number of carbonyl (C=O) groups is 5. The molecule has 0 aliphatic rings. The average molecular weight is 402 g/mol.